The van der Waals surface area contributed by atoms with E-state index in [1.165, 1.54) is 0 Å². The molecule has 0 fully saturated rings. The maximum Gasteiger partial charge on any atom is 0.106 e. The van der Waals surface area contributed by atoms with E-state index in [0.717, 1.165) is 0 Å². The van der Waals surface area contributed by atoms with E-state index in [0.29, 0.717) is 6.61 Å². The van der Waals surface area contributed by atoms with Crippen LogP contribution in [0.2, 0.25) is 0 Å². The summed E-state index contributed by atoms with van der Waals surface area (Å²) in [6.45, 7) is 4.97. The second-order valence-corrected chi connectivity index (χ2v) is 3.19. The molecule has 0 aromatic heterocycles. The van der Waals surface area contributed by atoms with Crippen LogP contribution in [0.1, 0.15) is 13.8 Å². The molecule has 0 bridgehead atoms. The molecule has 0 aromatic rings. The molecule has 0 aromatic carbocycles. The number of aliphatic hydroxyl groups is 5. The molecule has 17 heavy (non-hydrogen) atoms. The molecule has 0 aliphatic carbocycles. The molecule has 0 amide bonds. The number of hydrogen-bond acceptors (Lipinski definition) is 7. The van der Waals surface area contributed by atoms with Crippen molar-refractivity contribution in [1.82, 2.24) is 0 Å². The highest BCUT2D eigenvalue weighted by Gasteiger charge is 2.00. The van der Waals surface area contributed by atoms with Crippen LogP contribution in [-0.2, 0) is 9.53 Å². The summed E-state index contributed by atoms with van der Waals surface area (Å²) in [6, 6.07) is 0. The molecule has 0 rings (SSSR count). The van der Waals surface area contributed by atoms with Gasteiger partial charge in [0.15, 0.2) is 0 Å². The molecule has 7 nitrogen and oxygen atoms in total. The van der Waals surface area contributed by atoms with Crippen LogP contribution in [0.15, 0.2) is 0 Å². The lowest BCUT2D eigenvalue weighted by molar-refractivity contribution is -0.0979. The maximum absolute atomic E-state index is 8.69. The van der Waals surface area contributed by atoms with Crippen LogP contribution in [0.3, 0.4) is 0 Å². The van der Waals surface area contributed by atoms with Gasteiger partial charge in [0.1, 0.15) is 12.9 Å². The molecule has 0 saturated heterocycles. The molecule has 0 saturated carbocycles. The zero-order valence-electron chi connectivity index (χ0n) is 10.3. The third kappa shape index (κ3) is 25.6. The van der Waals surface area contributed by atoms with E-state index in [1.807, 2.05) is 6.79 Å². The Bertz CT molecular complexity index is 128. The highest BCUT2D eigenvalue weighted by atomic mass is 16.5. The largest absolute Gasteiger partial charge is 0.394 e. The van der Waals surface area contributed by atoms with Crippen LogP contribution in [0.25, 0.3) is 0 Å². The molecule has 7 heteroatoms. The van der Waals surface area contributed by atoms with Gasteiger partial charge in [-0.2, -0.15) is 0 Å². The smallest absolute Gasteiger partial charge is 0.106 e. The van der Waals surface area contributed by atoms with E-state index in [4.69, 9.17) is 35.1 Å². The summed E-state index contributed by atoms with van der Waals surface area (Å²) in [7, 11) is 0. The zero-order chi connectivity index (χ0) is 14.3. The summed E-state index contributed by atoms with van der Waals surface area (Å²) in [5.41, 5.74) is 0. The van der Waals surface area contributed by atoms with Gasteiger partial charge in [-0.1, -0.05) is 0 Å². The summed E-state index contributed by atoms with van der Waals surface area (Å²) >= 11 is 0. The first-order chi connectivity index (χ1) is 7.97. The van der Waals surface area contributed by atoms with E-state index >= 15 is 0 Å². The van der Waals surface area contributed by atoms with Crippen molar-refractivity contribution in [2.24, 2.45) is 0 Å². The van der Waals surface area contributed by atoms with Gasteiger partial charge in [0, 0.05) is 0 Å². The van der Waals surface area contributed by atoms with Gasteiger partial charge in [-0.05, 0) is 13.8 Å². The third-order valence-electron chi connectivity index (χ3n) is 1.30. The Labute approximate surface area is 101 Å². The Balaban J connectivity index is -0.000000213. The fourth-order valence-corrected chi connectivity index (χ4v) is 0.414. The minimum Gasteiger partial charge on any atom is -0.394 e. The molecule has 0 heterocycles. The van der Waals surface area contributed by atoms with Gasteiger partial charge in [-0.25, -0.2) is 0 Å². The summed E-state index contributed by atoms with van der Waals surface area (Å²) < 4.78 is 4.95. The summed E-state index contributed by atoms with van der Waals surface area (Å²) in [5, 5.41) is 41.1. The molecule has 0 aliphatic heterocycles. The van der Waals surface area contributed by atoms with Crippen molar-refractivity contribution in [3.63, 3.8) is 0 Å². The predicted molar refractivity (Wildman–Crippen MR) is 61.5 cm³/mol. The Hall–Kier alpha value is -0.570. The van der Waals surface area contributed by atoms with Gasteiger partial charge in [0.05, 0.1) is 38.6 Å². The van der Waals surface area contributed by atoms with Gasteiger partial charge < -0.3 is 35.1 Å². The molecule has 0 radical (unpaired) electrons. The minimum atomic E-state index is -0.954. The zero-order valence-corrected chi connectivity index (χ0v) is 10.3. The van der Waals surface area contributed by atoms with E-state index in [2.05, 4.69) is 0 Å². The summed E-state index contributed by atoms with van der Waals surface area (Å²) in [5.74, 6) is 0. The normalized spacial score (nSPS) is 12.9. The molecule has 2 unspecified atom stereocenters. The van der Waals surface area contributed by atoms with Gasteiger partial charge in [-0.3, -0.25) is 0 Å². The van der Waals surface area contributed by atoms with Crippen molar-refractivity contribution in [3.8, 4) is 0 Å². The first-order valence-electron chi connectivity index (χ1n) is 5.07. The minimum absolute atomic E-state index is 0.00667. The van der Waals surface area contributed by atoms with Gasteiger partial charge >= 0.3 is 0 Å². The summed E-state index contributed by atoms with van der Waals surface area (Å²) in [4.78, 5) is 8.00. The van der Waals surface area contributed by atoms with Crippen LogP contribution in [0.5, 0.6) is 0 Å². The Morgan fingerprint density at radius 3 is 1.59 bits per heavy atom. The average Bonchev–Trinajstić information content (AvgIpc) is 2.37. The number of rotatable bonds is 6. The van der Waals surface area contributed by atoms with E-state index in [9.17, 15) is 0 Å². The van der Waals surface area contributed by atoms with Crippen LogP contribution in [0.4, 0.5) is 0 Å². The standard InChI is InChI=1S/C6H14O3.C3H8O3.CH2O/c1-5(8)4-9-6(2)3-7;4-1-3(6)2-5;1-2/h5-8H,3-4H2,1-2H3;3-6H,1-2H2;1H2. The van der Waals surface area contributed by atoms with E-state index in [-0.39, 0.29) is 25.9 Å². The lowest BCUT2D eigenvalue weighted by atomic mass is 10.4. The van der Waals surface area contributed by atoms with E-state index in [1.54, 1.807) is 13.8 Å². The van der Waals surface area contributed by atoms with Crippen molar-refractivity contribution in [2.45, 2.75) is 32.2 Å². The monoisotopic (exact) mass is 256 g/mol. The molecular formula is C10H24O7. The predicted octanol–water partition coefficient (Wildman–Crippen LogP) is -2.09. The lowest BCUT2D eigenvalue weighted by Crippen LogP contribution is -2.19. The van der Waals surface area contributed by atoms with Gasteiger partial charge in [0.2, 0.25) is 0 Å². The lowest BCUT2D eigenvalue weighted by Gasteiger charge is -2.10. The second-order valence-electron chi connectivity index (χ2n) is 3.19. The first kappa shape index (κ1) is 21.7. The molecule has 0 spiro atoms. The quantitative estimate of drug-likeness (QED) is 0.369. The molecular weight excluding hydrogens is 232 g/mol. The SMILES string of the molecule is C=O.CC(O)COC(C)CO.OCC(O)CO. The first-order valence-corrected chi connectivity index (χ1v) is 5.07. The van der Waals surface area contributed by atoms with Gasteiger partial charge in [-0.15, -0.1) is 0 Å². The number of hydrogen-bond donors (Lipinski definition) is 5. The van der Waals surface area contributed by atoms with Crippen molar-refractivity contribution in [2.75, 3.05) is 26.4 Å². The Kier molecular flexibility index (Phi) is 22.7. The maximum atomic E-state index is 8.69. The van der Waals surface area contributed by atoms with Crippen molar-refractivity contribution >= 4 is 6.79 Å². The fraction of sp³-hybridized carbons (Fsp3) is 0.900. The highest BCUT2D eigenvalue weighted by molar-refractivity contribution is 5.10. The van der Waals surface area contributed by atoms with E-state index < -0.39 is 12.2 Å². The molecule has 2 atom stereocenters. The molecule has 106 valence electrons. The number of carbonyl (C=O) groups is 1. The third-order valence-corrected chi connectivity index (χ3v) is 1.30. The molecule has 5 N–H and O–H groups in total. The summed E-state index contributed by atoms with van der Waals surface area (Å²) in [6.07, 6.45) is -1.57. The Morgan fingerprint density at radius 2 is 1.41 bits per heavy atom. The average molecular weight is 256 g/mol. The van der Waals surface area contributed by atoms with Gasteiger partial charge in [0.25, 0.3) is 0 Å². The van der Waals surface area contributed by atoms with Crippen molar-refractivity contribution in [1.29, 1.82) is 0 Å². The Morgan fingerprint density at radius 1 is 1.00 bits per heavy atom. The van der Waals surface area contributed by atoms with Crippen LogP contribution >= 0.6 is 0 Å². The van der Waals surface area contributed by atoms with Crippen LogP contribution in [-0.4, -0.2) is 77.1 Å². The van der Waals surface area contributed by atoms with Crippen molar-refractivity contribution < 1.29 is 35.1 Å². The number of carbonyl (C=O) groups excluding carboxylic acids is 1. The second kappa shape index (κ2) is 17.8. The van der Waals surface area contributed by atoms with Crippen molar-refractivity contribution in [3.05, 3.63) is 0 Å². The highest BCUT2D eigenvalue weighted by Crippen LogP contribution is 1.90. The number of aliphatic hydroxyl groups excluding tert-OH is 5. The molecule has 0 aliphatic rings. The van der Waals surface area contributed by atoms with Crippen LogP contribution in [0, 0.1) is 0 Å². The topological polar surface area (TPSA) is 127 Å². The van der Waals surface area contributed by atoms with Crippen LogP contribution < -0.4 is 0 Å². The fourth-order valence-electron chi connectivity index (χ4n) is 0.414. The number of ether oxygens (including phenoxy) is 1.